The normalized spacial score (nSPS) is 23.4. The fourth-order valence-corrected chi connectivity index (χ4v) is 16.4. The molecular weight excluding hydrogens is 216 g/mol. The minimum atomic E-state index is -0.906. The van der Waals surface area contributed by atoms with Gasteiger partial charge in [0.15, 0.2) is 0 Å². The van der Waals surface area contributed by atoms with Gasteiger partial charge in [-0.3, -0.25) is 0 Å². The zero-order valence-electron chi connectivity index (χ0n) is 6.00. The van der Waals surface area contributed by atoms with Gasteiger partial charge in [0.25, 0.3) is 0 Å². The van der Waals surface area contributed by atoms with E-state index < -0.39 is 5.52 Å². The van der Waals surface area contributed by atoms with Crippen molar-refractivity contribution in [3.8, 4) is 0 Å². The Balaban J connectivity index is 2.22. The summed E-state index contributed by atoms with van der Waals surface area (Å²) < 4.78 is 0. The molecule has 0 saturated carbocycles. The fraction of sp³-hybridized carbons (Fsp3) is 1.00. The topological polar surface area (TPSA) is 0 Å². The first-order valence-corrected chi connectivity index (χ1v) is 11.6. The van der Waals surface area contributed by atoms with Gasteiger partial charge in [-0.1, -0.05) is 0 Å². The monoisotopic (exact) mass is 228 g/mol. The van der Waals surface area contributed by atoms with E-state index in [0.29, 0.717) is 0 Å². The van der Waals surface area contributed by atoms with Crippen LogP contribution in [0.3, 0.4) is 0 Å². The van der Waals surface area contributed by atoms with Crippen molar-refractivity contribution in [3.63, 3.8) is 0 Å². The van der Waals surface area contributed by atoms with E-state index in [-0.39, 0.29) is 0 Å². The Bertz CT molecular complexity index is 102. The van der Waals surface area contributed by atoms with E-state index in [1.807, 2.05) is 0 Å². The van der Waals surface area contributed by atoms with Crippen LogP contribution in [0.2, 0.25) is 6.55 Å². The van der Waals surface area contributed by atoms with Crippen LogP contribution in [0.5, 0.6) is 0 Å². The maximum atomic E-state index is 4.21. The lowest BCUT2D eigenvalue weighted by Crippen LogP contribution is -2.13. The van der Waals surface area contributed by atoms with E-state index >= 15 is 0 Å². The van der Waals surface area contributed by atoms with Crippen LogP contribution < -0.4 is 0 Å². The lowest BCUT2D eigenvalue weighted by atomic mass is 11.0. The van der Waals surface area contributed by atoms with Gasteiger partial charge in [-0.15, -0.1) is 0 Å². The zero-order valence-corrected chi connectivity index (χ0v) is 10.3. The van der Waals surface area contributed by atoms with Crippen LogP contribution in [0.4, 0.5) is 0 Å². The molecule has 0 atom stereocenters. The second-order valence-corrected chi connectivity index (χ2v) is 18.7. The molecule has 10 heavy (non-hydrogen) atoms. The van der Waals surface area contributed by atoms with Crippen molar-refractivity contribution in [1.82, 2.24) is 0 Å². The fourth-order valence-electron chi connectivity index (χ4n) is 0.810. The largest absolute Gasteiger partial charge is 0.234 e. The first kappa shape index (κ1) is 9.70. The van der Waals surface area contributed by atoms with E-state index in [1.54, 1.807) is 0 Å². The molecule has 0 aromatic rings. The summed E-state index contributed by atoms with van der Waals surface area (Å²) in [6.45, 7) is 2.46. The van der Waals surface area contributed by atoms with E-state index in [1.165, 1.54) is 17.3 Å². The van der Waals surface area contributed by atoms with Crippen LogP contribution in [0, 0.1) is 0 Å². The Hall–Kier alpha value is 1.62. The second kappa shape index (κ2) is 4.60. The summed E-state index contributed by atoms with van der Waals surface area (Å²) in [5.41, 5.74) is -0.906. The van der Waals surface area contributed by atoms with Gasteiger partial charge in [0.05, 0.1) is 0 Å². The van der Waals surface area contributed by atoms with Crippen LogP contribution in [0.25, 0.3) is 0 Å². The lowest BCUT2D eigenvalue weighted by Gasteiger charge is -2.16. The standard InChI is InChI=1S/C5H12S4Si/c1-10(7-3-2-6)8-4-5-9-10/h6H,2-5H2,1H3. The summed E-state index contributed by atoms with van der Waals surface area (Å²) in [5, 5.41) is 0. The van der Waals surface area contributed by atoms with E-state index in [0.717, 1.165) is 5.75 Å². The maximum Gasteiger partial charge on any atom is 0.234 e. The highest BCUT2D eigenvalue weighted by Crippen LogP contribution is 2.46. The van der Waals surface area contributed by atoms with Gasteiger partial charge in [-0.2, -0.15) is 46.3 Å². The molecule has 5 heteroatoms. The molecule has 0 aromatic carbocycles. The summed E-state index contributed by atoms with van der Waals surface area (Å²) in [4.78, 5) is 0. The predicted molar refractivity (Wildman–Crippen MR) is 62.8 cm³/mol. The molecule has 1 heterocycles. The highest BCUT2D eigenvalue weighted by Gasteiger charge is 2.33. The van der Waals surface area contributed by atoms with E-state index in [2.05, 4.69) is 52.8 Å². The Kier molecular flexibility index (Phi) is 4.46. The molecule has 1 rings (SSSR count). The van der Waals surface area contributed by atoms with Gasteiger partial charge in [0.2, 0.25) is 5.52 Å². The average molecular weight is 229 g/mol. The highest BCUT2D eigenvalue weighted by atomic mass is 32.8. The molecular formula is C5H12S4Si. The SMILES string of the molecule is C[Si]1(SCCS)SCCS1. The first-order valence-electron chi connectivity index (χ1n) is 3.29. The third-order valence-electron chi connectivity index (χ3n) is 1.27. The Morgan fingerprint density at radius 1 is 1.50 bits per heavy atom. The third-order valence-corrected chi connectivity index (χ3v) is 17.8. The number of thiol groups is 1. The van der Waals surface area contributed by atoms with Gasteiger partial charge >= 0.3 is 0 Å². The van der Waals surface area contributed by atoms with Crippen LogP contribution in [-0.4, -0.2) is 28.5 Å². The summed E-state index contributed by atoms with van der Waals surface area (Å²) >= 11 is 10.8. The van der Waals surface area contributed by atoms with Gasteiger partial charge < -0.3 is 0 Å². The van der Waals surface area contributed by atoms with Crippen molar-refractivity contribution in [1.29, 1.82) is 0 Å². The van der Waals surface area contributed by atoms with Crippen molar-refractivity contribution in [3.05, 3.63) is 0 Å². The average Bonchev–Trinajstić information content (AvgIpc) is 2.33. The molecule has 1 aliphatic heterocycles. The predicted octanol–water partition coefficient (Wildman–Crippen LogP) is 2.70. The van der Waals surface area contributed by atoms with Crippen molar-refractivity contribution in [2.75, 3.05) is 23.0 Å². The maximum absolute atomic E-state index is 4.21. The zero-order chi connectivity index (χ0) is 7.45. The number of hydrogen-bond donors (Lipinski definition) is 1. The molecule has 0 unspecified atom stereocenters. The molecule has 1 saturated heterocycles. The van der Waals surface area contributed by atoms with Crippen LogP contribution in [0.15, 0.2) is 0 Å². The highest BCUT2D eigenvalue weighted by molar-refractivity contribution is 8.82. The third kappa shape index (κ3) is 2.93. The molecule has 0 amide bonds. The molecule has 1 aliphatic rings. The van der Waals surface area contributed by atoms with E-state index in [4.69, 9.17) is 0 Å². The summed E-state index contributed by atoms with van der Waals surface area (Å²) in [6, 6.07) is 0. The molecule has 0 bridgehead atoms. The lowest BCUT2D eigenvalue weighted by molar-refractivity contribution is 1.58. The minimum Gasteiger partial charge on any atom is -0.179 e. The van der Waals surface area contributed by atoms with Crippen LogP contribution in [-0.2, 0) is 0 Å². The quantitative estimate of drug-likeness (QED) is 0.583. The molecule has 0 radical (unpaired) electrons. The van der Waals surface area contributed by atoms with Gasteiger partial charge in [-0.05, 0) is 29.6 Å². The van der Waals surface area contributed by atoms with E-state index in [9.17, 15) is 0 Å². The minimum absolute atomic E-state index is 0.906. The summed E-state index contributed by atoms with van der Waals surface area (Å²) in [5.74, 6) is 5.04. The van der Waals surface area contributed by atoms with Crippen molar-refractivity contribution in [2.24, 2.45) is 0 Å². The number of hydrogen-bond acceptors (Lipinski definition) is 4. The van der Waals surface area contributed by atoms with Crippen molar-refractivity contribution >= 4 is 51.8 Å². The molecule has 0 spiro atoms. The molecule has 60 valence electrons. The molecule has 0 nitrogen and oxygen atoms in total. The molecule has 0 N–H and O–H groups in total. The summed E-state index contributed by atoms with van der Waals surface area (Å²) in [7, 11) is 0. The Labute approximate surface area is 81.0 Å². The number of rotatable bonds is 3. The van der Waals surface area contributed by atoms with Crippen molar-refractivity contribution < 1.29 is 0 Å². The smallest absolute Gasteiger partial charge is 0.179 e. The first-order chi connectivity index (χ1) is 4.77. The Morgan fingerprint density at radius 2 is 2.10 bits per heavy atom. The molecule has 1 fully saturated rings. The second-order valence-electron chi connectivity index (χ2n) is 2.13. The van der Waals surface area contributed by atoms with Gasteiger partial charge in [0.1, 0.15) is 0 Å². The van der Waals surface area contributed by atoms with Gasteiger partial charge in [0, 0.05) is 0 Å². The van der Waals surface area contributed by atoms with Gasteiger partial charge in [-0.25, -0.2) is 0 Å². The summed E-state index contributed by atoms with van der Waals surface area (Å²) in [6.07, 6.45) is 0. The molecule has 0 aromatic heterocycles. The van der Waals surface area contributed by atoms with Crippen molar-refractivity contribution in [2.45, 2.75) is 6.55 Å². The molecule has 0 aliphatic carbocycles. The van der Waals surface area contributed by atoms with Crippen LogP contribution >= 0.6 is 46.3 Å². The Morgan fingerprint density at radius 3 is 2.60 bits per heavy atom. The van der Waals surface area contributed by atoms with Crippen LogP contribution in [0.1, 0.15) is 0 Å².